The molecule has 0 aliphatic heterocycles. The minimum Gasteiger partial charge on any atom is -0.481 e. The van der Waals surface area contributed by atoms with E-state index in [4.69, 9.17) is 5.11 Å². The number of aromatic nitrogens is 2. The lowest BCUT2D eigenvalue weighted by Gasteiger charge is -2.10. The third kappa shape index (κ3) is 3.99. The second-order valence-electron chi connectivity index (χ2n) is 6.88. The number of carboxylic acids is 1. The smallest absolute Gasteiger partial charge is 0.303 e. The number of aliphatic carboxylic acids is 1. The van der Waals surface area contributed by atoms with Gasteiger partial charge in [0.05, 0.1) is 10.6 Å². The number of hydrogen-bond acceptors (Lipinski definition) is 4. The van der Waals surface area contributed by atoms with Gasteiger partial charge in [0.2, 0.25) is 0 Å². The molecule has 0 spiro atoms. The first-order valence-electron chi connectivity index (χ1n) is 9.01. The van der Waals surface area contributed by atoms with Crippen LogP contribution in [0.1, 0.15) is 12.0 Å². The van der Waals surface area contributed by atoms with Gasteiger partial charge in [0.15, 0.2) is 0 Å². The summed E-state index contributed by atoms with van der Waals surface area (Å²) < 4.78 is 54.5. The molecule has 4 rings (SSSR count). The maximum absolute atomic E-state index is 13.4. The van der Waals surface area contributed by atoms with Crippen molar-refractivity contribution in [3.63, 3.8) is 0 Å². The standard InChI is InChI=1S/C20H15F2N3O5S/c21-11-5-12(22)7-13(6-11)25-31(29,30)14-2-3-16-15(8-14)18-10(1-4-17(26)27)9-23-19(18)20(28)24-16/h2-3,5-9,23,25H,1,4H2,(H,24,28)(H,26,27). The van der Waals surface area contributed by atoms with Crippen LogP contribution in [0.3, 0.4) is 0 Å². The van der Waals surface area contributed by atoms with E-state index in [0.29, 0.717) is 27.9 Å². The van der Waals surface area contributed by atoms with E-state index >= 15 is 0 Å². The number of carboxylic acid groups (broad SMARTS) is 1. The van der Waals surface area contributed by atoms with Crippen LogP contribution in [0.2, 0.25) is 0 Å². The van der Waals surface area contributed by atoms with Crippen LogP contribution in [0.25, 0.3) is 21.8 Å². The lowest BCUT2D eigenvalue weighted by Crippen LogP contribution is -2.14. The number of fused-ring (bicyclic) bond motifs is 3. The van der Waals surface area contributed by atoms with Gasteiger partial charge in [0.1, 0.15) is 17.2 Å². The third-order valence-electron chi connectivity index (χ3n) is 4.73. The van der Waals surface area contributed by atoms with Crippen molar-refractivity contribution in [2.75, 3.05) is 4.72 Å². The zero-order valence-corrected chi connectivity index (χ0v) is 16.5. The van der Waals surface area contributed by atoms with Crippen LogP contribution in [0.4, 0.5) is 14.5 Å². The fraction of sp³-hybridized carbons (Fsp3) is 0.100. The second-order valence-corrected chi connectivity index (χ2v) is 8.57. The molecule has 0 saturated heterocycles. The molecule has 2 heterocycles. The summed E-state index contributed by atoms with van der Waals surface area (Å²) in [4.78, 5) is 28.5. The van der Waals surface area contributed by atoms with Crippen LogP contribution >= 0.6 is 0 Å². The molecule has 0 amide bonds. The Morgan fingerprint density at radius 1 is 1.10 bits per heavy atom. The number of pyridine rings is 1. The van der Waals surface area contributed by atoms with Crippen molar-refractivity contribution in [3.05, 3.63) is 70.1 Å². The van der Waals surface area contributed by atoms with Gasteiger partial charge in [-0.3, -0.25) is 14.3 Å². The molecule has 4 N–H and O–H groups in total. The predicted molar refractivity (Wildman–Crippen MR) is 110 cm³/mol. The summed E-state index contributed by atoms with van der Waals surface area (Å²) in [7, 11) is -4.22. The first-order chi connectivity index (χ1) is 14.6. The molecule has 0 radical (unpaired) electrons. The molecule has 0 bridgehead atoms. The molecule has 0 saturated carbocycles. The number of carbonyl (C=O) groups is 1. The number of aromatic amines is 2. The summed E-state index contributed by atoms with van der Waals surface area (Å²) in [6.45, 7) is 0. The number of rotatable bonds is 6. The van der Waals surface area contributed by atoms with Gasteiger partial charge >= 0.3 is 5.97 Å². The Kier molecular flexibility index (Phi) is 4.97. The highest BCUT2D eigenvalue weighted by atomic mass is 32.2. The van der Waals surface area contributed by atoms with Crippen LogP contribution in [0.15, 0.2) is 52.3 Å². The number of sulfonamides is 1. The molecule has 4 aromatic rings. The van der Waals surface area contributed by atoms with Crippen LogP contribution < -0.4 is 10.3 Å². The number of H-pyrrole nitrogens is 2. The first-order valence-corrected chi connectivity index (χ1v) is 10.5. The van der Waals surface area contributed by atoms with E-state index in [2.05, 4.69) is 14.7 Å². The molecular weight excluding hydrogens is 432 g/mol. The van der Waals surface area contributed by atoms with Gasteiger partial charge in [-0.2, -0.15) is 0 Å². The van der Waals surface area contributed by atoms with Crippen LogP contribution in [-0.4, -0.2) is 29.5 Å². The molecule has 11 heteroatoms. The maximum atomic E-state index is 13.4. The Balaban J connectivity index is 1.85. The fourth-order valence-corrected chi connectivity index (χ4v) is 4.47. The van der Waals surface area contributed by atoms with Crippen LogP contribution in [0.5, 0.6) is 0 Å². The largest absolute Gasteiger partial charge is 0.481 e. The molecule has 0 unspecified atom stereocenters. The molecule has 160 valence electrons. The number of anilines is 1. The van der Waals surface area contributed by atoms with E-state index in [-0.39, 0.29) is 28.9 Å². The van der Waals surface area contributed by atoms with E-state index in [1.54, 1.807) is 0 Å². The van der Waals surface area contributed by atoms with Gasteiger partial charge in [-0.25, -0.2) is 17.2 Å². The van der Waals surface area contributed by atoms with E-state index < -0.39 is 33.2 Å². The Labute approximate surface area is 173 Å². The van der Waals surface area contributed by atoms with E-state index in [1.807, 2.05) is 0 Å². The molecular formula is C20H15F2N3O5S. The summed E-state index contributed by atoms with van der Waals surface area (Å²) in [5.74, 6) is -2.89. The summed E-state index contributed by atoms with van der Waals surface area (Å²) in [6.07, 6.45) is 1.47. The van der Waals surface area contributed by atoms with Gasteiger partial charge < -0.3 is 15.1 Å². The predicted octanol–water partition coefficient (Wildman–Crippen LogP) is 3.11. The van der Waals surface area contributed by atoms with E-state index in [0.717, 1.165) is 12.1 Å². The molecule has 2 aromatic heterocycles. The molecule has 0 aliphatic carbocycles. The van der Waals surface area contributed by atoms with Gasteiger partial charge in [0, 0.05) is 35.0 Å². The Morgan fingerprint density at radius 2 is 1.81 bits per heavy atom. The molecule has 0 fully saturated rings. The second kappa shape index (κ2) is 7.51. The number of nitrogens with one attached hydrogen (secondary N) is 3. The zero-order valence-electron chi connectivity index (χ0n) is 15.7. The van der Waals surface area contributed by atoms with Crippen molar-refractivity contribution >= 4 is 43.5 Å². The minimum atomic E-state index is -4.22. The lowest BCUT2D eigenvalue weighted by atomic mass is 10.0. The molecule has 2 aromatic carbocycles. The lowest BCUT2D eigenvalue weighted by molar-refractivity contribution is -0.136. The summed E-state index contributed by atoms with van der Waals surface area (Å²) >= 11 is 0. The summed E-state index contributed by atoms with van der Waals surface area (Å²) in [6, 6.07) is 6.24. The quantitative estimate of drug-likeness (QED) is 0.361. The van der Waals surface area contributed by atoms with Crippen molar-refractivity contribution in [2.45, 2.75) is 17.7 Å². The van der Waals surface area contributed by atoms with Gasteiger partial charge in [-0.05, 0) is 42.3 Å². The third-order valence-corrected chi connectivity index (χ3v) is 6.11. The zero-order chi connectivity index (χ0) is 22.3. The van der Waals surface area contributed by atoms with Crippen LogP contribution in [0, 0.1) is 11.6 Å². The summed E-state index contributed by atoms with van der Waals surface area (Å²) in [5, 5.41) is 9.75. The first kappa shape index (κ1) is 20.5. The van der Waals surface area contributed by atoms with Gasteiger partial charge in [-0.1, -0.05) is 0 Å². The number of aryl methyl sites for hydroxylation is 1. The highest BCUT2D eigenvalue weighted by molar-refractivity contribution is 7.92. The van der Waals surface area contributed by atoms with Gasteiger partial charge in [-0.15, -0.1) is 0 Å². The highest BCUT2D eigenvalue weighted by Crippen LogP contribution is 2.28. The van der Waals surface area contributed by atoms with E-state index in [9.17, 15) is 26.8 Å². The van der Waals surface area contributed by atoms with Crippen molar-refractivity contribution in [3.8, 4) is 0 Å². The molecule has 31 heavy (non-hydrogen) atoms. The number of halogens is 2. The highest BCUT2D eigenvalue weighted by Gasteiger charge is 2.19. The monoisotopic (exact) mass is 447 g/mol. The maximum Gasteiger partial charge on any atom is 0.303 e. The fourth-order valence-electron chi connectivity index (χ4n) is 3.41. The van der Waals surface area contributed by atoms with Crippen molar-refractivity contribution in [1.82, 2.24) is 9.97 Å². The van der Waals surface area contributed by atoms with E-state index in [1.165, 1.54) is 24.4 Å². The summed E-state index contributed by atoms with van der Waals surface area (Å²) in [5.41, 5.74) is 0.358. The Morgan fingerprint density at radius 3 is 2.48 bits per heavy atom. The average Bonchev–Trinajstić information content (AvgIpc) is 3.10. The average molecular weight is 447 g/mol. The normalized spacial score (nSPS) is 11.8. The Bertz CT molecular complexity index is 1490. The molecule has 0 atom stereocenters. The topological polar surface area (TPSA) is 132 Å². The van der Waals surface area contributed by atoms with Gasteiger partial charge in [0.25, 0.3) is 15.6 Å². The van der Waals surface area contributed by atoms with Crippen molar-refractivity contribution < 1.29 is 27.1 Å². The molecule has 0 aliphatic rings. The van der Waals surface area contributed by atoms with Crippen molar-refractivity contribution in [1.29, 1.82) is 0 Å². The van der Waals surface area contributed by atoms with Crippen molar-refractivity contribution in [2.24, 2.45) is 0 Å². The Hall–Kier alpha value is -3.73. The SMILES string of the molecule is O=C(O)CCc1c[nH]c2c(=O)[nH]c3ccc(S(=O)(=O)Nc4cc(F)cc(F)c4)cc3c12. The number of benzene rings is 2. The number of hydrogen-bond donors (Lipinski definition) is 4. The minimum absolute atomic E-state index is 0.131. The molecule has 8 nitrogen and oxygen atoms in total. The van der Waals surface area contributed by atoms with Crippen LogP contribution in [-0.2, 0) is 21.2 Å².